The van der Waals surface area contributed by atoms with E-state index >= 15 is 0 Å². The van der Waals surface area contributed by atoms with Gasteiger partial charge in [-0.05, 0) is 42.4 Å². The molecule has 0 bridgehead atoms. The van der Waals surface area contributed by atoms with Crippen molar-refractivity contribution >= 4 is 0 Å². The van der Waals surface area contributed by atoms with Crippen LogP contribution in [-0.4, -0.2) is 6.36 Å². The molecule has 1 aliphatic rings. The van der Waals surface area contributed by atoms with Crippen LogP contribution >= 0.6 is 0 Å². The summed E-state index contributed by atoms with van der Waals surface area (Å²) in [4.78, 5) is 0. The summed E-state index contributed by atoms with van der Waals surface area (Å²) >= 11 is 0. The second-order valence-electron chi connectivity index (χ2n) is 7.82. The third-order valence-electron chi connectivity index (χ3n) is 5.68. The van der Waals surface area contributed by atoms with Gasteiger partial charge in [0.15, 0.2) is 0 Å². The highest BCUT2D eigenvalue weighted by atomic mass is 19.4. The van der Waals surface area contributed by atoms with Crippen LogP contribution in [-0.2, 0) is 6.42 Å². The lowest BCUT2D eigenvalue weighted by molar-refractivity contribution is -0.274. The van der Waals surface area contributed by atoms with E-state index in [4.69, 9.17) is 0 Å². The molecule has 0 amide bonds. The first kappa shape index (κ1) is 21.1. The van der Waals surface area contributed by atoms with Gasteiger partial charge >= 0.3 is 6.36 Å². The molecule has 26 heavy (non-hydrogen) atoms. The van der Waals surface area contributed by atoms with Gasteiger partial charge in [-0.3, -0.25) is 0 Å². The number of hydrogen-bond acceptors (Lipinski definition) is 1. The van der Waals surface area contributed by atoms with Gasteiger partial charge in [0.1, 0.15) is 5.75 Å². The van der Waals surface area contributed by atoms with Gasteiger partial charge in [0.25, 0.3) is 0 Å². The van der Waals surface area contributed by atoms with Crippen molar-refractivity contribution in [3.05, 3.63) is 29.8 Å². The minimum atomic E-state index is -4.61. The highest BCUT2D eigenvalue weighted by Crippen LogP contribution is 2.34. The first-order valence-electron chi connectivity index (χ1n) is 10.3. The summed E-state index contributed by atoms with van der Waals surface area (Å²) < 4.78 is 40.4. The molecular weight excluding hydrogens is 337 g/mol. The number of halogens is 3. The van der Waals surface area contributed by atoms with Crippen molar-refractivity contribution in [3.8, 4) is 5.75 Å². The molecule has 2 rings (SSSR count). The Morgan fingerprint density at radius 1 is 0.846 bits per heavy atom. The maximum Gasteiger partial charge on any atom is 0.573 e. The Morgan fingerprint density at radius 3 is 2.00 bits per heavy atom. The SMILES string of the molecule is CCCCCCC[C@H]1CC[C@H](CCc2ccc(OC(F)(F)F)cc2)CC1. The van der Waals surface area contributed by atoms with Gasteiger partial charge in [-0.2, -0.15) is 0 Å². The Balaban J connectivity index is 1.61. The van der Waals surface area contributed by atoms with Crippen LogP contribution in [0.25, 0.3) is 0 Å². The molecule has 1 nitrogen and oxygen atoms in total. The van der Waals surface area contributed by atoms with Gasteiger partial charge in [-0.25, -0.2) is 0 Å². The van der Waals surface area contributed by atoms with Crippen molar-refractivity contribution in [3.63, 3.8) is 0 Å². The summed E-state index contributed by atoms with van der Waals surface area (Å²) in [6.45, 7) is 2.26. The van der Waals surface area contributed by atoms with E-state index < -0.39 is 6.36 Å². The van der Waals surface area contributed by atoms with Crippen molar-refractivity contribution in [1.82, 2.24) is 0 Å². The molecule has 0 radical (unpaired) electrons. The molecule has 0 aliphatic heterocycles. The average Bonchev–Trinajstić information content (AvgIpc) is 2.61. The maximum atomic E-state index is 12.2. The van der Waals surface area contributed by atoms with E-state index in [0.29, 0.717) is 0 Å². The van der Waals surface area contributed by atoms with E-state index in [1.165, 1.54) is 76.3 Å². The van der Waals surface area contributed by atoms with Crippen molar-refractivity contribution in [1.29, 1.82) is 0 Å². The third kappa shape index (κ3) is 8.46. The van der Waals surface area contributed by atoms with Crippen LogP contribution in [0.15, 0.2) is 24.3 Å². The van der Waals surface area contributed by atoms with Gasteiger partial charge in [-0.1, -0.05) is 83.3 Å². The Labute approximate surface area is 156 Å². The van der Waals surface area contributed by atoms with Gasteiger partial charge in [-0.15, -0.1) is 13.2 Å². The lowest BCUT2D eigenvalue weighted by atomic mass is 9.78. The molecule has 0 saturated heterocycles. The maximum absolute atomic E-state index is 12.2. The second kappa shape index (κ2) is 10.8. The van der Waals surface area contributed by atoms with E-state index in [1.807, 2.05) is 0 Å². The van der Waals surface area contributed by atoms with Gasteiger partial charge < -0.3 is 4.74 Å². The number of benzene rings is 1. The van der Waals surface area contributed by atoms with Crippen LogP contribution in [0.1, 0.15) is 83.1 Å². The standard InChI is InChI=1S/C22H33F3O/c1-2-3-4-5-6-7-18-8-10-19(11-9-18)12-13-20-14-16-21(17-15-20)26-22(23,24)25/h14-19H,2-13H2,1H3/t18-,19-. The third-order valence-corrected chi connectivity index (χ3v) is 5.68. The zero-order chi connectivity index (χ0) is 18.8. The van der Waals surface area contributed by atoms with Crippen LogP contribution in [0, 0.1) is 11.8 Å². The quantitative estimate of drug-likeness (QED) is 0.384. The molecule has 0 aromatic heterocycles. The van der Waals surface area contributed by atoms with Crippen molar-refractivity contribution in [2.75, 3.05) is 0 Å². The molecule has 4 heteroatoms. The summed E-state index contributed by atoms with van der Waals surface area (Å²) in [5, 5.41) is 0. The lowest BCUT2D eigenvalue weighted by Crippen LogP contribution is -2.17. The zero-order valence-electron chi connectivity index (χ0n) is 16.0. The van der Waals surface area contributed by atoms with Crippen LogP contribution in [0.5, 0.6) is 5.75 Å². The summed E-state index contributed by atoms with van der Waals surface area (Å²) in [5.41, 5.74) is 1.09. The fraction of sp³-hybridized carbons (Fsp3) is 0.727. The summed E-state index contributed by atoms with van der Waals surface area (Å²) in [5.74, 6) is 1.56. The van der Waals surface area contributed by atoms with Gasteiger partial charge in [0, 0.05) is 0 Å². The van der Waals surface area contributed by atoms with E-state index in [2.05, 4.69) is 11.7 Å². The largest absolute Gasteiger partial charge is 0.573 e. The number of unbranched alkanes of at least 4 members (excludes halogenated alkanes) is 4. The Morgan fingerprint density at radius 2 is 1.42 bits per heavy atom. The number of alkyl halides is 3. The van der Waals surface area contributed by atoms with E-state index in [1.54, 1.807) is 12.1 Å². The fourth-order valence-corrected chi connectivity index (χ4v) is 4.07. The number of hydrogen-bond donors (Lipinski definition) is 0. The predicted molar refractivity (Wildman–Crippen MR) is 100 cm³/mol. The first-order chi connectivity index (χ1) is 12.5. The minimum absolute atomic E-state index is 0.138. The van der Waals surface area contributed by atoms with Crippen LogP contribution in [0.4, 0.5) is 13.2 Å². The van der Waals surface area contributed by atoms with Crippen LogP contribution in [0.3, 0.4) is 0 Å². The minimum Gasteiger partial charge on any atom is -0.406 e. The zero-order valence-corrected chi connectivity index (χ0v) is 16.0. The molecular formula is C22H33F3O. The molecule has 1 aromatic carbocycles. The Kier molecular flexibility index (Phi) is 8.80. The normalized spacial score (nSPS) is 20.9. The van der Waals surface area contributed by atoms with E-state index in [9.17, 15) is 13.2 Å². The van der Waals surface area contributed by atoms with E-state index in [0.717, 1.165) is 30.2 Å². The van der Waals surface area contributed by atoms with Gasteiger partial charge in [0.05, 0.1) is 0 Å². The lowest BCUT2D eigenvalue weighted by Gasteiger charge is -2.28. The fourth-order valence-electron chi connectivity index (χ4n) is 4.07. The molecule has 0 heterocycles. The Hall–Kier alpha value is -1.19. The molecule has 1 aliphatic carbocycles. The highest BCUT2D eigenvalue weighted by molar-refractivity contribution is 5.27. The summed E-state index contributed by atoms with van der Waals surface area (Å²) in [7, 11) is 0. The van der Waals surface area contributed by atoms with Crippen molar-refractivity contribution in [2.24, 2.45) is 11.8 Å². The summed E-state index contributed by atoms with van der Waals surface area (Å²) in [6.07, 6.45) is 11.1. The van der Waals surface area contributed by atoms with Gasteiger partial charge in [0.2, 0.25) is 0 Å². The molecule has 0 N–H and O–H groups in total. The number of rotatable bonds is 10. The monoisotopic (exact) mass is 370 g/mol. The number of ether oxygens (including phenoxy) is 1. The molecule has 0 spiro atoms. The van der Waals surface area contributed by atoms with Crippen molar-refractivity contribution < 1.29 is 17.9 Å². The molecule has 0 unspecified atom stereocenters. The smallest absolute Gasteiger partial charge is 0.406 e. The van der Waals surface area contributed by atoms with Crippen LogP contribution in [0.2, 0.25) is 0 Å². The topological polar surface area (TPSA) is 9.23 Å². The van der Waals surface area contributed by atoms with Crippen molar-refractivity contribution in [2.45, 2.75) is 90.3 Å². The van der Waals surface area contributed by atoms with E-state index in [-0.39, 0.29) is 5.75 Å². The second-order valence-corrected chi connectivity index (χ2v) is 7.82. The molecule has 0 atom stereocenters. The Bertz CT molecular complexity index is 487. The number of aryl methyl sites for hydroxylation is 1. The molecule has 1 aromatic rings. The van der Waals surface area contributed by atoms with Crippen LogP contribution < -0.4 is 4.74 Å². The molecule has 1 saturated carbocycles. The molecule has 148 valence electrons. The highest BCUT2D eigenvalue weighted by Gasteiger charge is 2.31. The molecule has 1 fully saturated rings. The predicted octanol–water partition coefficient (Wildman–Crippen LogP) is 7.68. The first-order valence-corrected chi connectivity index (χ1v) is 10.3. The summed E-state index contributed by atoms with van der Waals surface area (Å²) in [6, 6.07) is 6.34. The average molecular weight is 370 g/mol.